The van der Waals surface area contributed by atoms with Gasteiger partial charge in [-0.05, 0) is 36.5 Å². The normalized spacial score (nSPS) is 14.1. The van der Waals surface area contributed by atoms with Crippen LogP contribution in [0.25, 0.3) is 0 Å². The van der Waals surface area contributed by atoms with Crippen LogP contribution >= 0.6 is 0 Å². The Morgan fingerprint density at radius 2 is 1.70 bits per heavy atom. The number of nitrogen functional groups attached to an aromatic ring is 1. The lowest BCUT2D eigenvalue weighted by atomic mass is 9.94. The van der Waals surface area contributed by atoms with E-state index in [1.165, 1.54) is 0 Å². The smallest absolute Gasteiger partial charge is 0.220 e. The number of hydrogen-bond donors (Lipinski definition) is 2. The van der Waals surface area contributed by atoms with Crippen LogP contribution in [0.5, 0.6) is 0 Å². The van der Waals surface area contributed by atoms with E-state index >= 15 is 0 Å². The molecule has 0 aliphatic carbocycles. The minimum Gasteiger partial charge on any atom is -0.399 e. The van der Waals surface area contributed by atoms with E-state index in [-0.39, 0.29) is 17.9 Å². The van der Waals surface area contributed by atoms with Crippen molar-refractivity contribution in [2.24, 2.45) is 5.92 Å². The van der Waals surface area contributed by atoms with Crippen LogP contribution in [0.15, 0.2) is 24.3 Å². The number of rotatable bonds is 7. The van der Waals surface area contributed by atoms with Gasteiger partial charge < -0.3 is 11.1 Å². The lowest BCUT2D eigenvalue weighted by molar-refractivity contribution is -0.122. The second-order valence-corrected chi connectivity index (χ2v) is 5.70. The number of nitrogens with one attached hydrogen (secondary N) is 1. The van der Waals surface area contributed by atoms with Crippen LogP contribution in [0, 0.1) is 5.92 Å². The van der Waals surface area contributed by atoms with Gasteiger partial charge in [-0.1, -0.05) is 45.7 Å². The SMILES string of the molecule is CCC(CC)C(C)NC(=O)CC(C)c1ccc(N)cc1. The van der Waals surface area contributed by atoms with E-state index in [1.54, 1.807) is 0 Å². The van der Waals surface area contributed by atoms with Gasteiger partial charge in [0.1, 0.15) is 0 Å². The van der Waals surface area contributed by atoms with Crippen LogP contribution in [0.4, 0.5) is 5.69 Å². The molecule has 2 atom stereocenters. The highest BCUT2D eigenvalue weighted by Crippen LogP contribution is 2.20. The summed E-state index contributed by atoms with van der Waals surface area (Å²) in [5, 5.41) is 3.13. The highest BCUT2D eigenvalue weighted by Gasteiger charge is 2.17. The number of benzene rings is 1. The molecule has 0 spiro atoms. The first-order valence-corrected chi connectivity index (χ1v) is 7.62. The molecule has 20 heavy (non-hydrogen) atoms. The third-order valence-electron chi connectivity index (χ3n) is 4.14. The van der Waals surface area contributed by atoms with Crippen molar-refractivity contribution in [1.82, 2.24) is 5.32 Å². The summed E-state index contributed by atoms with van der Waals surface area (Å²) in [7, 11) is 0. The van der Waals surface area contributed by atoms with Crippen molar-refractivity contribution in [2.75, 3.05) is 5.73 Å². The van der Waals surface area contributed by atoms with E-state index < -0.39 is 0 Å². The van der Waals surface area contributed by atoms with Crippen LogP contribution in [0.1, 0.15) is 58.4 Å². The number of hydrogen-bond acceptors (Lipinski definition) is 2. The lowest BCUT2D eigenvalue weighted by Gasteiger charge is -2.23. The molecule has 0 aliphatic heterocycles. The first-order valence-electron chi connectivity index (χ1n) is 7.62. The topological polar surface area (TPSA) is 55.1 Å². The van der Waals surface area contributed by atoms with E-state index in [4.69, 9.17) is 5.73 Å². The summed E-state index contributed by atoms with van der Waals surface area (Å²) in [6, 6.07) is 8.01. The molecule has 0 bridgehead atoms. The number of carbonyl (C=O) groups is 1. The Labute approximate surface area is 122 Å². The number of amides is 1. The maximum absolute atomic E-state index is 12.1. The van der Waals surface area contributed by atoms with Gasteiger partial charge in [-0.25, -0.2) is 0 Å². The van der Waals surface area contributed by atoms with E-state index in [0.717, 1.165) is 24.1 Å². The Hall–Kier alpha value is -1.51. The average Bonchev–Trinajstić information content (AvgIpc) is 2.40. The molecule has 3 nitrogen and oxygen atoms in total. The maximum Gasteiger partial charge on any atom is 0.220 e. The molecule has 0 aliphatic rings. The molecule has 0 saturated heterocycles. The van der Waals surface area contributed by atoms with Crippen LogP contribution in [0.2, 0.25) is 0 Å². The zero-order valence-corrected chi connectivity index (χ0v) is 13.1. The third-order valence-corrected chi connectivity index (χ3v) is 4.14. The molecule has 3 N–H and O–H groups in total. The number of nitrogens with two attached hydrogens (primary N) is 1. The maximum atomic E-state index is 12.1. The average molecular weight is 276 g/mol. The minimum absolute atomic E-state index is 0.133. The highest BCUT2D eigenvalue weighted by atomic mass is 16.1. The van der Waals surface area contributed by atoms with Gasteiger partial charge in [0.15, 0.2) is 0 Å². The Balaban J connectivity index is 2.51. The molecule has 0 aromatic heterocycles. The summed E-state index contributed by atoms with van der Waals surface area (Å²) >= 11 is 0. The van der Waals surface area contributed by atoms with Gasteiger partial charge in [0.25, 0.3) is 0 Å². The molecule has 1 rings (SSSR count). The number of anilines is 1. The largest absolute Gasteiger partial charge is 0.399 e. The summed E-state index contributed by atoms with van der Waals surface area (Å²) in [6.45, 7) is 8.53. The highest BCUT2D eigenvalue weighted by molar-refractivity contribution is 5.77. The standard InChI is InChI=1S/C17H28N2O/c1-5-14(6-2)13(4)19-17(20)11-12(3)15-7-9-16(18)10-8-15/h7-10,12-14H,5-6,11,18H2,1-4H3,(H,19,20). The predicted molar refractivity (Wildman–Crippen MR) is 85.6 cm³/mol. The molecular weight excluding hydrogens is 248 g/mol. The quantitative estimate of drug-likeness (QED) is 0.746. The van der Waals surface area contributed by atoms with Crippen LogP contribution in [-0.4, -0.2) is 11.9 Å². The van der Waals surface area contributed by atoms with Crippen LogP contribution in [-0.2, 0) is 4.79 Å². The van der Waals surface area contributed by atoms with Crippen molar-refractivity contribution in [3.05, 3.63) is 29.8 Å². The van der Waals surface area contributed by atoms with E-state index in [0.29, 0.717) is 12.3 Å². The molecule has 0 radical (unpaired) electrons. The molecule has 1 aromatic rings. The summed E-state index contributed by atoms with van der Waals surface area (Å²) in [5.41, 5.74) is 7.59. The molecular formula is C17H28N2O. The lowest BCUT2D eigenvalue weighted by Crippen LogP contribution is -2.38. The fourth-order valence-electron chi connectivity index (χ4n) is 2.65. The Morgan fingerprint density at radius 1 is 1.15 bits per heavy atom. The molecule has 3 heteroatoms. The Morgan fingerprint density at radius 3 is 2.20 bits per heavy atom. The number of carbonyl (C=O) groups excluding carboxylic acids is 1. The second kappa shape index (κ2) is 7.93. The minimum atomic E-state index is 0.133. The fourth-order valence-corrected chi connectivity index (χ4v) is 2.65. The summed E-state index contributed by atoms with van der Waals surface area (Å²) in [6.07, 6.45) is 2.73. The van der Waals surface area contributed by atoms with Crippen LogP contribution in [0.3, 0.4) is 0 Å². The van der Waals surface area contributed by atoms with Crippen molar-refractivity contribution in [3.8, 4) is 0 Å². The van der Waals surface area contributed by atoms with E-state index in [1.807, 2.05) is 24.3 Å². The summed E-state index contributed by atoms with van der Waals surface area (Å²) in [5.74, 6) is 0.906. The van der Waals surface area contributed by atoms with Crippen molar-refractivity contribution in [2.45, 2.75) is 58.9 Å². The van der Waals surface area contributed by atoms with E-state index in [9.17, 15) is 4.79 Å². The molecule has 2 unspecified atom stereocenters. The zero-order chi connectivity index (χ0) is 15.1. The second-order valence-electron chi connectivity index (χ2n) is 5.70. The third kappa shape index (κ3) is 4.87. The van der Waals surface area contributed by atoms with Crippen molar-refractivity contribution >= 4 is 11.6 Å². The zero-order valence-electron chi connectivity index (χ0n) is 13.1. The first-order chi connectivity index (χ1) is 9.47. The molecule has 0 fully saturated rings. The molecule has 0 heterocycles. The van der Waals surface area contributed by atoms with Gasteiger partial charge in [0.05, 0.1) is 0 Å². The van der Waals surface area contributed by atoms with E-state index in [2.05, 4.69) is 33.0 Å². The molecule has 112 valence electrons. The monoisotopic (exact) mass is 276 g/mol. The van der Waals surface area contributed by atoms with Gasteiger partial charge in [-0.2, -0.15) is 0 Å². The van der Waals surface area contributed by atoms with Crippen molar-refractivity contribution in [3.63, 3.8) is 0 Å². The van der Waals surface area contributed by atoms with Gasteiger partial charge >= 0.3 is 0 Å². The van der Waals surface area contributed by atoms with Crippen molar-refractivity contribution in [1.29, 1.82) is 0 Å². The van der Waals surface area contributed by atoms with Gasteiger partial charge in [0, 0.05) is 18.2 Å². The van der Waals surface area contributed by atoms with Gasteiger partial charge in [0.2, 0.25) is 5.91 Å². The molecule has 1 amide bonds. The molecule has 1 aromatic carbocycles. The molecule has 0 saturated carbocycles. The predicted octanol–water partition coefficient (Wildman–Crippen LogP) is 3.70. The van der Waals surface area contributed by atoms with Crippen LogP contribution < -0.4 is 11.1 Å². The first kappa shape index (κ1) is 16.5. The Kier molecular flexibility index (Phi) is 6.56. The summed E-state index contributed by atoms with van der Waals surface area (Å²) in [4.78, 5) is 12.1. The van der Waals surface area contributed by atoms with Crippen molar-refractivity contribution < 1.29 is 4.79 Å². The summed E-state index contributed by atoms with van der Waals surface area (Å²) < 4.78 is 0. The van der Waals surface area contributed by atoms with Gasteiger partial charge in [-0.15, -0.1) is 0 Å². The Bertz CT molecular complexity index is 410. The fraction of sp³-hybridized carbons (Fsp3) is 0.588. The van der Waals surface area contributed by atoms with Gasteiger partial charge in [-0.3, -0.25) is 4.79 Å².